The topological polar surface area (TPSA) is 15.3 Å². The average Bonchev–Trinajstić information content (AvgIpc) is 2.47. The molecule has 0 aromatic rings. The summed E-state index contributed by atoms with van der Waals surface area (Å²) in [7, 11) is 0. The normalized spacial score (nSPS) is 30.6. The van der Waals surface area contributed by atoms with Crippen molar-refractivity contribution in [1.82, 2.24) is 10.2 Å². The van der Waals surface area contributed by atoms with E-state index < -0.39 is 0 Å². The number of halogens is 1. The Morgan fingerprint density at radius 1 is 1.24 bits per heavy atom. The van der Waals surface area contributed by atoms with E-state index in [1.165, 1.54) is 37.7 Å². The number of hydrogen-bond donors (Lipinski definition) is 1. The van der Waals surface area contributed by atoms with Gasteiger partial charge in [0, 0.05) is 37.3 Å². The predicted molar refractivity (Wildman–Crippen MR) is 92.8 cm³/mol. The van der Waals surface area contributed by atoms with Crippen LogP contribution in [0.5, 0.6) is 0 Å². The summed E-state index contributed by atoms with van der Waals surface area (Å²) in [6.07, 6.45) is 7.09. The van der Waals surface area contributed by atoms with Crippen molar-refractivity contribution < 1.29 is 0 Å². The van der Waals surface area contributed by atoms with Crippen molar-refractivity contribution in [2.75, 3.05) is 19.6 Å². The van der Waals surface area contributed by atoms with Gasteiger partial charge in [0.25, 0.3) is 0 Å². The van der Waals surface area contributed by atoms with Crippen LogP contribution in [0.3, 0.4) is 0 Å². The minimum absolute atomic E-state index is 0.314. The fourth-order valence-electron chi connectivity index (χ4n) is 3.93. The Bertz CT molecular complexity index is 353. The summed E-state index contributed by atoms with van der Waals surface area (Å²) < 4.78 is 0. The molecule has 1 aliphatic heterocycles. The van der Waals surface area contributed by atoms with Crippen molar-refractivity contribution in [2.24, 2.45) is 11.3 Å². The van der Waals surface area contributed by atoms with E-state index in [1.807, 2.05) is 0 Å². The third-order valence-electron chi connectivity index (χ3n) is 5.34. The van der Waals surface area contributed by atoms with Crippen molar-refractivity contribution in [1.29, 1.82) is 0 Å². The summed E-state index contributed by atoms with van der Waals surface area (Å²) in [6, 6.07) is 1.26. The van der Waals surface area contributed by atoms with E-state index >= 15 is 0 Å². The van der Waals surface area contributed by atoms with E-state index in [0.717, 1.165) is 25.6 Å². The maximum atomic E-state index is 5.93. The van der Waals surface area contributed by atoms with Crippen LogP contribution in [-0.2, 0) is 0 Å². The first-order chi connectivity index (χ1) is 9.91. The molecule has 2 fully saturated rings. The van der Waals surface area contributed by atoms with E-state index in [9.17, 15) is 0 Å². The van der Waals surface area contributed by atoms with E-state index in [0.29, 0.717) is 17.5 Å². The third kappa shape index (κ3) is 4.71. The van der Waals surface area contributed by atoms with Crippen molar-refractivity contribution in [3.8, 4) is 0 Å². The average molecular weight is 313 g/mol. The molecule has 0 aromatic carbocycles. The third-order valence-corrected chi connectivity index (χ3v) is 5.71. The second kappa shape index (κ2) is 7.48. The summed E-state index contributed by atoms with van der Waals surface area (Å²) >= 11 is 5.93. The van der Waals surface area contributed by atoms with Crippen LogP contribution in [-0.4, -0.2) is 36.6 Å². The zero-order valence-corrected chi connectivity index (χ0v) is 15.0. The molecule has 2 unspecified atom stereocenters. The lowest BCUT2D eigenvalue weighted by atomic mass is 9.79. The first-order valence-corrected chi connectivity index (χ1v) is 9.08. The Morgan fingerprint density at radius 3 is 2.48 bits per heavy atom. The molecule has 2 aliphatic rings. The van der Waals surface area contributed by atoms with Gasteiger partial charge in [-0.05, 0) is 36.7 Å². The van der Waals surface area contributed by atoms with Crippen LogP contribution in [0.25, 0.3) is 0 Å². The second-order valence-electron chi connectivity index (χ2n) is 8.18. The molecule has 2 nitrogen and oxygen atoms in total. The molecule has 3 heteroatoms. The highest BCUT2D eigenvalue weighted by Gasteiger charge is 2.37. The summed E-state index contributed by atoms with van der Waals surface area (Å²) in [5.74, 6) is 0.871. The molecule has 0 radical (unpaired) electrons. The molecule has 2 rings (SSSR count). The zero-order chi connectivity index (χ0) is 15.5. The minimum Gasteiger partial charge on any atom is -0.311 e. The smallest absolute Gasteiger partial charge is 0.0253 e. The van der Waals surface area contributed by atoms with Gasteiger partial charge in [-0.1, -0.05) is 51.6 Å². The van der Waals surface area contributed by atoms with E-state index in [1.54, 1.807) is 5.54 Å². The van der Waals surface area contributed by atoms with Gasteiger partial charge in [0.05, 0.1) is 0 Å². The highest BCUT2D eigenvalue weighted by Crippen LogP contribution is 2.32. The van der Waals surface area contributed by atoms with Crippen LogP contribution in [0.2, 0.25) is 0 Å². The molecule has 0 spiro atoms. The van der Waals surface area contributed by atoms with Crippen molar-refractivity contribution >= 4 is 11.6 Å². The maximum absolute atomic E-state index is 5.93. The lowest BCUT2D eigenvalue weighted by molar-refractivity contribution is 0.0512. The van der Waals surface area contributed by atoms with Gasteiger partial charge in [-0.2, -0.15) is 0 Å². The molecule has 21 heavy (non-hydrogen) atoms. The Balaban J connectivity index is 2.07. The van der Waals surface area contributed by atoms with Crippen LogP contribution < -0.4 is 5.32 Å². The Labute approximate surface area is 136 Å². The first-order valence-electron chi connectivity index (χ1n) is 8.65. The largest absolute Gasteiger partial charge is 0.311 e. The lowest BCUT2D eigenvalue weighted by Crippen LogP contribution is -2.62. The molecular weight excluding hydrogens is 280 g/mol. The standard InChI is InChI=1S/C18H33ClN2/c1-14(10-19)12-21-13-17(18(2,3)4)20-11-16(21)15-8-6-5-7-9-15/h10,15-17,20H,5-9,11-13H2,1-4H3. The molecule has 1 aliphatic carbocycles. The van der Waals surface area contributed by atoms with Gasteiger partial charge in [0.1, 0.15) is 0 Å². The Morgan fingerprint density at radius 2 is 1.90 bits per heavy atom. The monoisotopic (exact) mass is 312 g/mol. The van der Waals surface area contributed by atoms with Crippen LogP contribution >= 0.6 is 11.6 Å². The summed E-state index contributed by atoms with van der Waals surface area (Å²) in [5, 5.41) is 3.83. The van der Waals surface area contributed by atoms with E-state index in [2.05, 4.69) is 37.9 Å². The molecule has 1 saturated carbocycles. The molecular formula is C18H33ClN2. The minimum atomic E-state index is 0.314. The van der Waals surface area contributed by atoms with Gasteiger partial charge in [-0.25, -0.2) is 0 Å². The quantitative estimate of drug-likeness (QED) is 0.831. The van der Waals surface area contributed by atoms with E-state index in [-0.39, 0.29) is 0 Å². The van der Waals surface area contributed by atoms with Gasteiger partial charge in [0.2, 0.25) is 0 Å². The zero-order valence-electron chi connectivity index (χ0n) is 14.3. The van der Waals surface area contributed by atoms with Gasteiger partial charge in [-0.3, -0.25) is 4.90 Å². The number of rotatable bonds is 3. The highest BCUT2D eigenvalue weighted by molar-refractivity contribution is 6.25. The highest BCUT2D eigenvalue weighted by atomic mass is 35.5. The van der Waals surface area contributed by atoms with Crippen molar-refractivity contribution in [3.63, 3.8) is 0 Å². The molecule has 1 N–H and O–H groups in total. The Hall–Kier alpha value is -0.0500. The van der Waals surface area contributed by atoms with Crippen LogP contribution in [0, 0.1) is 11.3 Å². The number of hydrogen-bond acceptors (Lipinski definition) is 2. The molecule has 0 amide bonds. The number of nitrogens with one attached hydrogen (secondary N) is 1. The number of piperazine rings is 1. The molecule has 2 atom stereocenters. The molecule has 1 saturated heterocycles. The van der Waals surface area contributed by atoms with Gasteiger partial charge >= 0.3 is 0 Å². The van der Waals surface area contributed by atoms with Crippen LogP contribution in [0.1, 0.15) is 59.8 Å². The molecule has 122 valence electrons. The Kier molecular flexibility index (Phi) is 6.16. The first kappa shape index (κ1) is 17.3. The summed E-state index contributed by atoms with van der Waals surface area (Å²) in [5.41, 5.74) is 3.35. The van der Waals surface area contributed by atoms with E-state index in [4.69, 9.17) is 11.6 Å². The summed E-state index contributed by atoms with van der Waals surface area (Å²) in [4.78, 5) is 2.70. The lowest BCUT2D eigenvalue weighted by Gasteiger charge is -2.48. The molecule has 0 bridgehead atoms. The van der Waals surface area contributed by atoms with Crippen molar-refractivity contribution in [2.45, 2.75) is 71.9 Å². The van der Waals surface area contributed by atoms with Crippen molar-refractivity contribution in [3.05, 3.63) is 11.1 Å². The molecule has 0 aromatic heterocycles. The molecule has 1 heterocycles. The maximum Gasteiger partial charge on any atom is 0.0253 e. The fourth-order valence-corrected chi connectivity index (χ4v) is 4.00. The van der Waals surface area contributed by atoms with Gasteiger partial charge in [-0.15, -0.1) is 0 Å². The van der Waals surface area contributed by atoms with Gasteiger partial charge in [0.15, 0.2) is 0 Å². The van der Waals surface area contributed by atoms with Crippen LogP contribution in [0.15, 0.2) is 11.1 Å². The predicted octanol–water partition coefficient (Wildman–Crippen LogP) is 4.40. The number of nitrogens with zero attached hydrogens (tertiary/aromatic N) is 1. The van der Waals surface area contributed by atoms with Gasteiger partial charge < -0.3 is 5.32 Å². The summed E-state index contributed by atoms with van der Waals surface area (Å²) in [6.45, 7) is 12.5. The second-order valence-corrected chi connectivity index (χ2v) is 8.40. The SMILES string of the molecule is CC(=CCl)CN1CC(C(C)(C)C)NCC1C1CCCCC1. The fraction of sp³-hybridized carbons (Fsp3) is 0.889. The van der Waals surface area contributed by atoms with Crippen LogP contribution in [0.4, 0.5) is 0 Å².